The number of rotatable bonds is 13. The molecule has 18 aromatic rings. The molecule has 0 N–H and O–H groups in total. The van der Waals surface area contributed by atoms with E-state index in [1.807, 2.05) is 12.1 Å². The van der Waals surface area contributed by atoms with E-state index in [0.717, 1.165) is 116 Å². The van der Waals surface area contributed by atoms with E-state index < -0.39 is 0 Å². The Bertz CT molecular complexity index is 6280. The van der Waals surface area contributed by atoms with Crippen LogP contribution in [0.5, 0.6) is 0 Å². The number of aromatic nitrogens is 10. The molecule has 0 amide bonds. The monoisotopic (exact) mass is 1340 g/mol. The van der Waals surface area contributed by atoms with E-state index in [9.17, 15) is 0 Å². The molecule has 0 spiro atoms. The number of hydrogen-bond acceptors (Lipinski definition) is 6. The number of nitrogens with zero attached hydrogens (tertiary/aromatic N) is 10. The third kappa shape index (κ3) is 10.1. The Balaban J connectivity index is 0.684. The van der Waals surface area contributed by atoms with Crippen molar-refractivity contribution in [1.29, 1.82) is 0 Å². The van der Waals surface area contributed by atoms with E-state index in [1.54, 1.807) is 0 Å². The van der Waals surface area contributed by atoms with Crippen LogP contribution in [0.15, 0.2) is 273 Å². The van der Waals surface area contributed by atoms with Gasteiger partial charge in [0.2, 0.25) is 11.9 Å². The Labute approximate surface area is 603 Å². The van der Waals surface area contributed by atoms with Gasteiger partial charge in [0.1, 0.15) is 0 Å². The molecule has 502 valence electrons. The zero-order valence-electron chi connectivity index (χ0n) is 58.5. The minimum Gasteiger partial charge on any atom is -0.307 e. The maximum Gasteiger partial charge on any atom is 0.238 e. The van der Waals surface area contributed by atoms with Crippen molar-refractivity contribution in [3.8, 4) is 68.8 Å². The zero-order chi connectivity index (χ0) is 68.9. The summed E-state index contributed by atoms with van der Waals surface area (Å²) in [6, 6.07) is 99.3. The first-order valence-electron chi connectivity index (χ1n) is 37.5. The lowest BCUT2D eigenvalue weighted by Crippen LogP contribution is -2.12. The van der Waals surface area contributed by atoms with Crippen molar-refractivity contribution in [2.75, 3.05) is 0 Å². The van der Waals surface area contributed by atoms with E-state index >= 15 is 0 Å². The van der Waals surface area contributed by atoms with Gasteiger partial charge in [-0.05, 0) is 145 Å². The van der Waals surface area contributed by atoms with Gasteiger partial charge in [-0.3, -0.25) is 9.13 Å². The average Bonchev–Trinajstić information content (AvgIpc) is 1.53. The lowest BCUT2D eigenvalue weighted by atomic mass is 9.76. The predicted octanol–water partition coefficient (Wildman–Crippen LogP) is 23.7. The summed E-state index contributed by atoms with van der Waals surface area (Å²) in [6.45, 7) is 4.66. The minimum atomic E-state index is 0.397. The second kappa shape index (κ2) is 25.4. The number of aryl methyl sites for hydroxylation is 2. The minimum absolute atomic E-state index is 0.397. The Hall–Kier alpha value is -12.1. The van der Waals surface area contributed by atoms with Crippen LogP contribution in [0.1, 0.15) is 117 Å². The smallest absolute Gasteiger partial charge is 0.238 e. The van der Waals surface area contributed by atoms with Crippen LogP contribution < -0.4 is 0 Å². The van der Waals surface area contributed by atoms with Crippen molar-refractivity contribution in [2.24, 2.45) is 0 Å². The fourth-order valence-electron chi connectivity index (χ4n) is 18.2. The lowest BCUT2D eigenvalue weighted by molar-refractivity contribution is 0.396. The summed E-state index contributed by atoms with van der Waals surface area (Å²) >= 11 is 0. The fraction of sp³-hybridized carbons (Fsp3) is 0.170. The van der Waals surface area contributed by atoms with E-state index in [0.29, 0.717) is 52.9 Å². The number of benzene rings is 12. The molecular formula is C94H76N10. The third-order valence-corrected chi connectivity index (χ3v) is 23.1. The van der Waals surface area contributed by atoms with Crippen molar-refractivity contribution in [1.82, 2.24) is 48.2 Å². The topological polar surface area (TPSA) is 97.1 Å². The molecule has 0 aliphatic heterocycles. The molecule has 2 saturated carbocycles. The van der Waals surface area contributed by atoms with Crippen LogP contribution in [-0.4, -0.2) is 48.2 Å². The van der Waals surface area contributed by atoms with Gasteiger partial charge in [-0.2, -0.15) is 19.9 Å². The van der Waals surface area contributed by atoms with Crippen LogP contribution in [-0.2, 0) is 12.8 Å². The van der Waals surface area contributed by atoms with E-state index in [-0.39, 0.29) is 0 Å². The van der Waals surface area contributed by atoms with Crippen LogP contribution in [0.2, 0.25) is 0 Å². The average molecular weight is 1350 g/mol. The highest BCUT2D eigenvalue weighted by molar-refractivity contribution is 6.27. The molecule has 2 fully saturated rings. The van der Waals surface area contributed by atoms with Gasteiger partial charge in [-0.15, -0.1) is 0 Å². The van der Waals surface area contributed by atoms with E-state index in [2.05, 4.69) is 293 Å². The van der Waals surface area contributed by atoms with E-state index in [4.69, 9.17) is 29.9 Å². The molecule has 0 atom stereocenters. The number of fused-ring (bicyclic) bond motifs is 14. The maximum atomic E-state index is 5.58. The summed E-state index contributed by atoms with van der Waals surface area (Å²) in [5, 5.41) is 9.68. The van der Waals surface area contributed by atoms with Crippen LogP contribution in [0.25, 0.3) is 156 Å². The first-order valence-corrected chi connectivity index (χ1v) is 37.5. The summed E-state index contributed by atoms with van der Waals surface area (Å²) < 4.78 is 9.66. The molecule has 0 unspecified atom stereocenters. The SMILES string of the molecule is CCc1c(CC)c2c3ccccc3n(-c3nc(-c4ccccc4)nc(-c4ccccc4)n3)c2c2c1c1ccc(C3CCC(c4ccc(-c5nc(-c6ccc(C7CCCCC7)cc6)nc(-n6c7ccccc7c7ccc8c9ccccc9n(-c9ccccc9)c8c76)n5)cc4)CC3)cc1n2-c1ccccc1. The first kappa shape index (κ1) is 61.7. The largest absolute Gasteiger partial charge is 0.307 e. The molecule has 0 bridgehead atoms. The van der Waals surface area contributed by atoms with Gasteiger partial charge < -0.3 is 9.13 Å². The van der Waals surface area contributed by atoms with Gasteiger partial charge in [0, 0.05) is 76.7 Å². The van der Waals surface area contributed by atoms with Gasteiger partial charge in [-0.25, -0.2) is 9.97 Å². The molecule has 6 aromatic heterocycles. The van der Waals surface area contributed by atoms with Gasteiger partial charge in [0.25, 0.3) is 0 Å². The summed E-state index contributed by atoms with van der Waals surface area (Å²) in [5.41, 5.74) is 21.9. The first-order chi connectivity index (χ1) is 51.5. The zero-order valence-corrected chi connectivity index (χ0v) is 58.5. The number of hydrogen-bond donors (Lipinski definition) is 0. The van der Waals surface area contributed by atoms with Crippen molar-refractivity contribution in [3.63, 3.8) is 0 Å². The van der Waals surface area contributed by atoms with Gasteiger partial charge in [0.15, 0.2) is 23.3 Å². The molecule has 12 aromatic carbocycles. The molecular weight excluding hydrogens is 1270 g/mol. The molecule has 104 heavy (non-hydrogen) atoms. The van der Waals surface area contributed by atoms with Crippen molar-refractivity contribution in [2.45, 2.75) is 102 Å². The highest BCUT2D eigenvalue weighted by atomic mass is 15.2. The molecule has 0 radical (unpaired) electrons. The lowest BCUT2D eigenvalue weighted by Gasteiger charge is -2.29. The summed E-state index contributed by atoms with van der Waals surface area (Å²) in [5.74, 6) is 5.17. The molecule has 6 heterocycles. The van der Waals surface area contributed by atoms with Crippen LogP contribution in [0, 0.1) is 0 Å². The van der Waals surface area contributed by atoms with Gasteiger partial charge in [0.05, 0.1) is 44.1 Å². The highest BCUT2D eigenvalue weighted by Crippen LogP contribution is 2.49. The standard InChI is InChI=1S/C94H76N10/c1-3-71-72(4-2)84-78-55-54-68(58-82(78)102(70-34-18-9-19-35-70)87(84)88-83(71)77-38-22-25-41-81(77)104(88)94-97-89(64-28-12-6-13-29-64)95-90(98-94)65-30-14-7-15-31-65)63-44-42-61(43-45-63)62-48-52-67(53-49-62)92-96-91(66-50-46-60(47-51-66)59-26-10-5-11-27-59)99-93(100-92)103-80-40-24-21-37-74(80)76-57-56-75-73-36-20-23-39-79(73)101(85(75)86(76)103)69-32-16-8-17-33-69/h6-9,12-25,28-41,46-59,61,63H,3-5,10-11,26-27,42-45H2,1-2H3. The molecule has 10 heteroatoms. The predicted molar refractivity (Wildman–Crippen MR) is 427 cm³/mol. The number of para-hydroxylation sites is 5. The second-order valence-electron chi connectivity index (χ2n) is 28.7. The molecule has 0 saturated heterocycles. The summed E-state index contributed by atoms with van der Waals surface area (Å²) in [7, 11) is 0. The van der Waals surface area contributed by atoms with Gasteiger partial charge >= 0.3 is 0 Å². The fourth-order valence-corrected chi connectivity index (χ4v) is 18.2. The summed E-state index contributed by atoms with van der Waals surface area (Å²) in [4.78, 5) is 32.6. The van der Waals surface area contributed by atoms with Gasteiger partial charge in [-0.1, -0.05) is 258 Å². The Kier molecular flexibility index (Phi) is 15.1. The Morgan fingerprint density at radius 3 is 1.09 bits per heavy atom. The Morgan fingerprint density at radius 2 is 0.606 bits per heavy atom. The second-order valence-corrected chi connectivity index (χ2v) is 28.7. The van der Waals surface area contributed by atoms with Crippen LogP contribution >= 0.6 is 0 Å². The highest BCUT2D eigenvalue weighted by Gasteiger charge is 2.31. The normalized spacial score (nSPS) is 15.3. The van der Waals surface area contributed by atoms with Crippen LogP contribution in [0.4, 0.5) is 0 Å². The maximum absolute atomic E-state index is 5.58. The van der Waals surface area contributed by atoms with Crippen molar-refractivity contribution < 1.29 is 0 Å². The summed E-state index contributed by atoms with van der Waals surface area (Å²) in [6.07, 6.45) is 12.5. The molecule has 2 aliphatic rings. The van der Waals surface area contributed by atoms with Crippen molar-refractivity contribution in [3.05, 3.63) is 301 Å². The molecule has 2 aliphatic carbocycles. The molecule has 10 nitrogen and oxygen atoms in total. The Morgan fingerprint density at radius 1 is 0.269 bits per heavy atom. The molecule has 20 rings (SSSR count). The third-order valence-electron chi connectivity index (χ3n) is 23.1. The van der Waals surface area contributed by atoms with E-state index in [1.165, 1.54) is 103 Å². The quantitative estimate of drug-likeness (QED) is 0.114. The van der Waals surface area contributed by atoms with Crippen LogP contribution in [0.3, 0.4) is 0 Å². The van der Waals surface area contributed by atoms with Crippen molar-refractivity contribution >= 4 is 87.2 Å².